The van der Waals surface area contributed by atoms with E-state index in [9.17, 15) is 0 Å². The number of benzene rings is 1. The molecule has 0 saturated heterocycles. The number of fused-ring (bicyclic) bond motifs is 1. The minimum absolute atomic E-state index is 0.426. The third-order valence-electron chi connectivity index (χ3n) is 3.72. The van der Waals surface area contributed by atoms with Crippen molar-refractivity contribution in [2.24, 2.45) is 0 Å². The maximum Gasteiger partial charge on any atom is 0.122 e. The molecular weight excluding hydrogens is 254 g/mol. The summed E-state index contributed by atoms with van der Waals surface area (Å²) in [6, 6.07) is 13.1. The second-order valence-corrected chi connectivity index (χ2v) is 6.00. The predicted octanol–water partition coefficient (Wildman–Crippen LogP) is 3.97. The Kier molecular flexibility index (Phi) is 3.85. The van der Waals surface area contributed by atoms with E-state index in [1.807, 2.05) is 17.4 Å². The van der Waals surface area contributed by atoms with E-state index in [-0.39, 0.29) is 0 Å². The molecule has 1 aromatic carbocycles. The molecule has 1 aliphatic rings. The molecule has 3 rings (SSSR count). The van der Waals surface area contributed by atoms with Gasteiger partial charge in [-0.15, -0.1) is 11.3 Å². The summed E-state index contributed by atoms with van der Waals surface area (Å²) < 4.78 is 5.71. The summed E-state index contributed by atoms with van der Waals surface area (Å²) in [4.78, 5) is 1.40. The van der Waals surface area contributed by atoms with Crippen LogP contribution in [0.3, 0.4) is 0 Å². The molecule has 3 heteroatoms. The highest BCUT2D eigenvalue weighted by molar-refractivity contribution is 7.10. The lowest BCUT2D eigenvalue weighted by Gasteiger charge is -2.27. The molecular formula is C16H19NOS. The Morgan fingerprint density at radius 2 is 2.21 bits per heavy atom. The predicted molar refractivity (Wildman–Crippen MR) is 80.0 cm³/mol. The maximum atomic E-state index is 5.71. The fourth-order valence-corrected chi connectivity index (χ4v) is 3.34. The Balaban J connectivity index is 1.65. The molecule has 2 heterocycles. The first-order valence-corrected chi connectivity index (χ1v) is 7.71. The van der Waals surface area contributed by atoms with Crippen molar-refractivity contribution in [1.29, 1.82) is 0 Å². The number of nitrogens with one attached hydrogen (secondary N) is 1. The standard InChI is InChI=1S/C16H19NOS/c1-12(16-7-4-10-19-16)17-11-13-8-9-18-15-6-3-2-5-14(13)15/h2-7,10,12-13,17H,8-9,11H2,1H3/t12-,13?/m0/s1. The number of rotatable bonds is 4. The van der Waals surface area contributed by atoms with Gasteiger partial charge in [-0.25, -0.2) is 0 Å². The molecule has 1 N–H and O–H groups in total. The van der Waals surface area contributed by atoms with Gasteiger partial charge in [0, 0.05) is 23.4 Å². The van der Waals surface area contributed by atoms with E-state index in [0.29, 0.717) is 12.0 Å². The van der Waals surface area contributed by atoms with Crippen molar-refractivity contribution in [3.63, 3.8) is 0 Å². The molecule has 1 unspecified atom stereocenters. The smallest absolute Gasteiger partial charge is 0.122 e. The van der Waals surface area contributed by atoms with Crippen molar-refractivity contribution in [3.8, 4) is 5.75 Å². The third kappa shape index (κ3) is 2.82. The minimum atomic E-state index is 0.426. The van der Waals surface area contributed by atoms with Crippen LogP contribution >= 0.6 is 11.3 Å². The van der Waals surface area contributed by atoms with Crippen LogP contribution in [0.5, 0.6) is 5.75 Å². The first-order chi connectivity index (χ1) is 9.34. The molecule has 2 atom stereocenters. The topological polar surface area (TPSA) is 21.3 Å². The number of thiophene rings is 1. The Labute approximate surface area is 118 Å². The van der Waals surface area contributed by atoms with Gasteiger partial charge in [-0.1, -0.05) is 24.3 Å². The zero-order valence-corrected chi connectivity index (χ0v) is 12.0. The van der Waals surface area contributed by atoms with Gasteiger partial charge in [0.15, 0.2) is 0 Å². The SMILES string of the molecule is C[C@H](NCC1CCOc2ccccc21)c1cccs1. The molecule has 1 aromatic heterocycles. The van der Waals surface area contributed by atoms with Crippen LogP contribution in [-0.4, -0.2) is 13.2 Å². The molecule has 0 radical (unpaired) electrons. The largest absolute Gasteiger partial charge is 0.493 e. The molecule has 2 aromatic rings. The molecule has 0 spiro atoms. The van der Waals surface area contributed by atoms with Crippen LogP contribution in [-0.2, 0) is 0 Å². The third-order valence-corrected chi connectivity index (χ3v) is 4.78. The first-order valence-electron chi connectivity index (χ1n) is 6.83. The van der Waals surface area contributed by atoms with Gasteiger partial charge in [-0.05, 0) is 36.4 Å². The summed E-state index contributed by atoms with van der Waals surface area (Å²) in [6.45, 7) is 4.08. The Morgan fingerprint density at radius 3 is 3.05 bits per heavy atom. The summed E-state index contributed by atoms with van der Waals surface area (Å²) in [7, 11) is 0. The van der Waals surface area contributed by atoms with Gasteiger partial charge >= 0.3 is 0 Å². The van der Waals surface area contributed by atoms with Crippen LogP contribution in [0.25, 0.3) is 0 Å². The van der Waals surface area contributed by atoms with Crippen molar-refractivity contribution in [3.05, 3.63) is 52.2 Å². The summed E-state index contributed by atoms with van der Waals surface area (Å²) in [5.41, 5.74) is 1.35. The quantitative estimate of drug-likeness (QED) is 0.910. The van der Waals surface area contributed by atoms with Crippen molar-refractivity contribution in [1.82, 2.24) is 5.32 Å². The van der Waals surface area contributed by atoms with Crippen LogP contribution in [0.1, 0.15) is 35.7 Å². The molecule has 19 heavy (non-hydrogen) atoms. The summed E-state index contributed by atoms with van der Waals surface area (Å²) in [5.74, 6) is 1.62. The van der Waals surface area contributed by atoms with Gasteiger partial charge in [-0.3, -0.25) is 0 Å². The number of hydrogen-bond donors (Lipinski definition) is 1. The molecule has 2 nitrogen and oxygen atoms in total. The zero-order chi connectivity index (χ0) is 13.1. The fraction of sp³-hybridized carbons (Fsp3) is 0.375. The average molecular weight is 273 g/mol. The van der Waals surface area contributed by atoms with E-state index >= 15 is 0 Å². The van der Waals surface area contributed by atoms with E-state index < -0.39 is 0 Å². The maximum absolute atomic E-state index is 5.71. The molecule has 0 saturated carbocycles. The zero-order valence-electron chi connectivity index (χ0n) is 11.1. The van der Waals surface area contributed by atoms with E-state index in [2.05, 4.69) is 48.0 Å². The molecule has 100 valence electrons. The van der Waals surface area contributed by atoms with Crippen LogP contribution in [0.2, 0.25) is 0 Å². The van der Waals surface area contributed by atoms with E-state index in [1.54, 1.807) is 0 Å². The van der Waals surface area contributed by atoms with E-state index in [0.717, 1.165) is 25.3 Å². The van der Waals surface area contributed by atoms with Crippen LogP contribution in [0, 0.1) is 0 Å². The van der Waals surface area contributed by atoms with Crippen LogP contribution < -0.4 is 10.1 Å². The first kappa shape index (κ1) is 12.7. The van der Waals surface area contributed by atoms with Gasteiger partial charge < -0.3 is 10.1 Å². The van der Waals surface area contributed by atoms with Crippen molar-refractivity contribution < 1.29 is 4.74 Å². The molecule has 0 bridgehead atoms. The second-order valence-electron chi connectivity index (χ2n) is 5.02. The number of ether oxygens (including phenoxy) is 1. The van der Waals surface area contributed by atoms with Gasteiger partial charge in [-0.2, -0.15) is 0 Å². The highest BCUT2D eigenvalue weighted by Gasteiger charge is 2.21. The number of para-hydroxylation sites is 1. The molecule has 0 amide bonds. The average Bonchev–Trinajstić information content (AvgIpc) is 2.99. The Morgan fingerprint density at radius 1 is 1.32 bits per heavy atom. The Hall–Kier alpha value is -1.32. The van der Waals surface area contributed by atoms with Gasteiger partial charge in [0.25, 0.3) is 0 Å². The summed E-state index contributed by atoms with van der Waals surface area (Å²) in [5, 5.41) is 5.79. The molecule has 0 fully saturated rings. The van der Waals surface area contributed by atoms with Crippen molar-refractivity contribution in [2.45, 2.75) is 25.3 Å². The monoisotopic (exact) mass is 273 g/mol. The Bertz CT molecular complexity index is 523. The summed E-state index contributed by atoms with van der Waals surface area (Å²) in [6.07, 6.45) is 1.10. The fourth-order valence-electron chi connectivity index (χ4n) is 2.59. The lowest BCUT2D eigenvalue weighted by Crippen LogP contribution is -2.27. The van der Waals surface area contributed by atoms with Gasteiger partial charge in [0.2, 0.25) is 0 Å². The molecule has 0 aliphatic carbocycles. The van der Waals surface area contributed by atoms with Gasteiger partial charge in [0.05, 0.1) is 6.61 Å². The highest BCUT2D eigenvalue weighted by atomic mass is 32.1. The van der Waals surface area contributed by atoms with Crippen LogP contribution in [0.4, 0.5) is 0 Å². The second kappa shape index (κ2) is 5.76. The lowest BCUT2D eigenvalue weighted by atomic mass is 9.93. The van der Waals surface area contributed by atoms with Gasteiger partial charge in [0.1, 0.15) is 5.75 Å². The normalized spacial score (nSPS) is 19.5. The minimum Gasteiger partial charge on any atom is -0.493 e. The molecule has 1 aliphatic heterocycles. The number of hydrogen-bond acceptors (Lipinski definition) is 3. The lowest BCUT2D eigenvalue weighted by molar-refractivity contribution is 0.263. The van der Waals surface area contributed by atoms with E-state index in [1.165, 1.54) is 10.4 Å². The van der Waals surface area contributed by atoms with E-state index in [4.69, 9.17) is 4.74 Å². The summed E-state index contributed by atoms with van der Waals surface area (Å²) >= 11 is 1.82. The van der Waals surface area contributed by atoms with Crippen LogP contribution in [0.15, 0.2) is 41.8 Å². The highest BCUT2D eigenvalue weighted by Crippen LogP contribution is 2.33. The van der Waals surface area contributed by atoms with Crippen molar-refractivity contribution in [2.75, 3.05) is 13.2 Å². The van der Waals surface area contributed by atoms with Crippen molar-refractivity contribution >= 4 is 11.3 Å².